The van der Waals surface area contributed by atoms with E-state index in [0.717, 1.165) is 78.3 Å². The maximum absolute atomic E-state index is 12.9. The van der Waals surface area contributed by atoms with Crippen LogP contribution in [0, 0.1) is 5.92 Å². The number of hydrogen-bond donors (Lipinski definition) is 0. The quantitative estimate of drug-likeness (QED) is 0.0467. The lowest BCUT2D eigenvalue weighted by atomic mass is 9.87. The summed E-state index contributed by atoms with van der Waals surface area (Å²) < 4.78 is 16.0. The van der Waals surface area contributed by atoms with E-state index in [0.29, 0.717) is 29.9 Å². The van der Waals surface area contributed by atoms with E-state index in [1.165, 1.54) is 14.0 Å². The molecule has 1 aliphatic rings. The standard InChI is InChI=1S/C42H46O7/c1-5-7-9-11-21-48-41(45)38-24-34(29(3)43)23-35(26-38)32-17-13-30(14-18-32)31-15-19-33(20-16-31)36-25-37(40(44)47-4)28-39(27-36)42(46)49-22-12-10-8-6-2/h6,13-20,23-27,39H,2,5,7-12,21-22,28H2,1,3-4H3. The molecule has 4 rings (SSSR count). The Labute approximate surface area is 289 Å². The van der Waals surface area contributed by atoms with Gasteiger partial charge >= 0.3 is 17.9 Å². The van der Waals surface area contributed by atoms with Crippen LogP contribution in [0.5, 0.6) is 0 Å². The van der Waals surface area contributed by atoms with Crippen molar-refractivity contribution in [1.82, 2.24) is 0 Å². The highest BCUT2D eigenvalue weighted by Crippen LogP contribution is 2.32. The highest BCUT2D eigenvalue weighted by atomic mass is 16.5. The van der Waals surface area contributed by atoms with Crippen molar-refractivity contribution in [3.05, 3.63) is 114 Å². The zero-order valence-electron chi connectivity index (χ0n) is 28.8. The molecule has 1 atom stereocenters. The number of carbonyl (C=O) groups is 4. The van der Waals surface area contributed by atoms with Gasteiger partial charge in [-0.3, -0.25) is 9.59 Å². The molecule has 0 saturated heterocycles. The van der Waals surface area contributed by atoms with Gasteiger partial charge in [-0.15, -0.1) is 6.58 Å². The lowest BCUT2D eigenvalue weighted by Gasteiger charge is -2.20. The first-order valence-corrected chi connectivity index (χ1v) is 17.1. The number of esters is 3. The van der Waals surface area contributed by atoms with Crippen LogP contribution in [0.3, 0.4) is 0 Å². The van der Waals surface area contributed by atoms with E-state index in [-0.39, 0.29) is 18.2 Å². The van der Waals surface area contributed by atoms with Crippen molar-refractivity contribution in [1.29, 1.82) is 0 Å². The van der Waals surface area contributed by atoms with Crippen LogP contribution >= 0.6 is 0 Å². The first-order valence-electron chi connectivity index (χ1n) is 17.1. The zero-order chi connectivity index (χ0) is 35.2. The number of ether oxygens (including phenoxy) is 3. The van der Waals surface area contributed by atoms with Crippen molar-refractivity contribution in [3.8, 4) is 22.3 Å². The molecule has 0 aromatic heterocycles. The van der Waals surface area contributed by atoms with Crippen LogP contribution in [-0.2, 0) is 23.8 Å². The van der Waals surface area contributed by atoms with Crippen LogP contribution in [0.4, 0.5) is 0 Å². The van der Waals surface area contributed by atoms with Crippen LogP contribution in [0.15, 0.2) is 97.1 Å². The van der Waals surface area contributed by atoms with Crippen LogP contribution < -0.4 is 0 Å². The first kappa shape index (κ1) is 36.8. The van der Waals surface area contributed by atoms with E-state index in [2.05, 4.69) is 13.5 Å². The highest BCUT2D eigenvalue weighted by Gasteiger charge is 2.27. The van der Waals surface area contributed by atoms with Crippen LogP contribution in [0.2, 0.25) is 0 Å². The third kappa shape index (κ3) is 10.5. The summed E-state index contributed by atoms with van der Waals surface area (Å²) in [5.41, 5.74) is 6.43. The fraction of sp³-hybridized carbons (Fsp3) is 0.333. The molecule has 0 heterocycles. The van der Waals surface area contributed by atoms with Gasteiger partial charge in [0.1, 0.15) is 0 Å². The molecule has 256 valence electrons. The van der Waals surface area contributed by atoms with Crippen LogP contribution in [0.25, 0.3) is 27.8 Å². The molecule has 0 N–H and O–H groups in total. The number of methoxy groups -OCH3 is 1. The van der Waals surface area contributed by atoms with Gasteiger partial charge in [-0.2, -0.15) is 0 Å². The van der Waals surface area contributed by atoms with E-state index < -0.39 is 17.9 Å². The molecule has 0 aliphatic heterocycles. The largest absolute Gasteiger partial charge is 0.466 e. The van der Waals surface area contributed by atoms with Gasteiger partial charge in [0.15, 0.2) is 5.78 Å². The van der Waals surface area contributed by atoms with Crippen molar-refractivity contribution in [3.63, 3.8) is 0 Å². The monoisotopic (exact) mass is 662 g/mol. The van der Waals surface area contributed by atoms with Gasteiger partial charge in [-0.1, -0.05) is 86.9 Å². The van der Waals surface area contributed by atoms with Crippen molar-refractivity contribution in [2.24, 2.45) is 5.92 Å². The molecule has 3 aromatic rings. The maximum atomic E-state index is 12.9. The minimum atomic E-state index is -0.588. The van der Waals surface area contributed by atoms with Gasteiger partial charge in [0, 0.05) is 11.1 Å². The van der Waals surface area contributed by atoms with Gasteiger partial charge in [-0.05, 0) is 96.7 Å². The summed E-state index contributed by atoms with van der Waals surface area (Å²) in [6, 6.07) is 21.0. The minimum Gasteiger partial charge on any atom is -0.466 e. The van der Waals surface area contributed by atoms with E-state index in [9.17, 15) is 19.2 Å². The Kier molecular flexibility index (Phi) is 13.9. The number of ketones is 1. The fourth-order valence-corrected chi connectivity index (χ4v) is 5.68. The number of allylic oxidation sites excluding steroid dienone is 3. The highest BCUT2D eigenvalue weighted by molar-refractivity contribution is 6.00. The predicted octanol–water partition coefficient (Wildman–Crippen LogP) is 9.36. The van der Waals surface area contributed by atoms with E-state index in [4.69, 9.17) is 14.2 Å². The summed E-state index contributed by atoms with van der Waals surface area (Å²) in [4.78, 5) is 50.5. The molecule has 0 fully saturated rings. The molecule has 1 unspecified atom stereocenters. The molecule has 49 heavy (non-hydrogen) atoms. The number of carbonyl (C=O) groups excluding carboxylic acids is 4. The Balaban J connectivity index is 1.50. The number of Topliss-reactive ketones (excluding diaryl/α,β-unsaturated/α-hetero) is 1. The Morgan fingerprint density at radius 2 is 1.33 bits per heavy atom. The predicted molar refractivity (Wildman–Crippen MR) is 193 cm³/mol. The summed E-state index contributed by atoms with van der Waals surface area (Å²) >= 11 is 0. The van der Waals surface area contributed by atoms with Gasteiger partial charge < -0.3 is 14.2 Å². The second-order valence-corrected chi connectivity index (χ2v) is 12.3. The lowest BCUT2D eigenvalue weighted by molar-refractivity contribution is -0.147. The Bertz CT molecular complexity index is 1690. The minimum absolute atomic E-state index is 0.125. The van der Waals surface area contributed by atoms with Gasteiger partial charge in [0.2, 0.25) is 0 Å². The van der Waals surface area contributed by atoms with E-state index in [1.54, 1.807) is 24.3 Å². The molecule has 0 radical (unpaired) electrons. The summed E-state index contributed by atoms with van der Waals surface area (Å²) in [5.74, 6) is -1.97. The summed E-state index contributed by atoms with van der Waals surface area (Å²) in [6.07, 6.45) is 12.2. The molecular formula is C42H46O7. The molecule has 0 spiro atoms. The average Bonchev–Trinajstić information content (AvgIpc) is 3.13. The molecule has 7 nitrogen and oxygen atoms in total. The van der Waals surface area contributed by atoms with Gasteiger partial charge in [-0.25, -0.2) is 9.59 Å². The molecule has 0 saturated carbocycles. The molecule has 3 aromatic carbocycles. The van der Waals surface area contributed by atoms with Crippen LogP contribution in [0.1, 0.15) is 91.5 Å². The van der Waals surface area contributed by atoms with Gasteiger partial charge in [0.25, 0.3) is 0 Å². The van der Waals surface area contributed by atoms with E-state index in [1.807, 2.05) is 60.7 Å². The second-order valence-electron chi connectivity index (χ2n) is 12.3. The lowest BCUT2D eigenvalue weighted by Crippen LogP contribution is -2.22. The molecular weight excluding hydrogens is 616 g/mol. The van der Waals surface area contributed by atoms with Gasteiger partial charge in [0.05, 0.1) is 31.8 Å². The van der Waals surface area contributed by atoms with Crippen molar-refractivity contribution >= 4 is 29.3 Å². The fourth-order valence-electron chi connectivity index (χ4n) is 5.68. The number of benzene rings is 3. The third-order valence-corrected chi connectivity index (χ3v) is 8.52. The van der Waals surface area contributed by atoms with Crippen molar-refractivity contribution in [2.45, 2.75) is 65.2 Å². The number of rotatable bonds is 17. The SMILES string of the molecule is C=CCCCCOC(=O)C1C=C(c2ccc(-c3ccc(-c4cc(C(C)=O)cc(C(=O)OCCCCCC)c4)cc3)cc2)C=C(C(=O)OC)C1. The second kappa shape index (κ2) is 18.5. The van der Waals surface area contributed by atoms with E-state index >= 15 is 0 Å². The first-order chi connectivity index (χ1) is 23.7. The summed E-state index contributed by atoms with van der Waals surface area (Å²) in [6.45, 7) is 8.01. The molecule has 7 heteroatoms. The number of hydrogen-bond acceptors (Lipinski definition) is 7. The maximum Gasteiger partial charge on any atom is 0.338 e. The smallest absolute Gasteiger partial charge is 0.338 e. The Hall–Kier alpha value is -5.04. The normalized spacial score (nSPS) is 13.9. The Morgan fingerprint density at radius 3 is 1.94 bits per heavy atom. The summed E-state index contributed by atoms with van der Waals surface area (Å²) in [7, 11) is 1.33. The molecule has 0 bridgehead atoms. The van der Waals surface area contributed by atoms with Crippen LogP contribution in [-0.4, -0.2) is 44.0 Å². The average molecular weight is 663 g/mol. The molecule has 1 aliphatic carbocycles. The Morgan fingerprint density at radius 1 is 0.735 bits per heavy atom. The summed E-state index contributed by atoms with van der Waals surface area (Å²) in [5, 5.41) is 0. The van der Waals surface area contributed by atoms with Crippen molar-refractivity contribution in [2.75, 3.05) is 20.3 Å². The molecule has 0 amide bonds. The number of unbranched alkanes of at least 4 members (excludes halogenated alkanes) is 5. The third-order valence-electron chi connectivity index (χ3n) is 8.52. The van der Waals surface area contributed by atoms with Crippen molar-refractivity contribution < 1.29 is 33.4 Å². The zero-order valence-corrected chi connectivity index (χ0v) is 28.8. The topological polar surface area (TPSA) is 96.0 Å².